The van der Waals surface area contributed by atoms with Crippen molar-refractivity contribution in [3.05, 3.63) is 41.2 Å². The quantitative estimate of drug-likeness (QED) is 0.626. The van der Waals surface area contributed by atoms with E-state index < -0.39 is 29.2 Å². The summed E-state index contributed by atoms with van der Waals surface area (Å²) in [4.78, 5) is 1.95. The van der Waals surface area contributed by atoms with Gasteiger partial charge in [-0.3, -0.25) is 4.90 Å². The van der Waals surface area contributed by atoms with Crippen molar-refractivity contribution >= 4 is 24.8 Å². The number of phenolic OH excluding ortho intramolecular Hbond substituents is 1. The minimum absolute atomic E-state index is 0. The number of aromatic hydroxyl groups is 1. The van der Waals surface area contributed by atoms with Crippen LogP contribution >= 0.6 is 24.8 Å². The van der Waals surface area contributed by atoms with E-state index in [1.165, 1.54) is 0 Å². The Bertz CT molecular complexity index is 552. The zero-order valence-corrected chi connectivity index (χ0v) is 14.4. The lowest BCUT2D eigenvalue weighted by Gasteiger charge is -2.35. The van der Waals surface area contributed by atoms with Crippen LogP contribution in [0.2, 0.25) is 0 Å². The number of rotatable bonds is 4. The molecule has 3 nitrogen and oxygen atoms in total. The van der Waals surface area contributed by atoms with E-state index in [-0.39, 0.29) is 30.4 Å². The molecule has 132 valence electrons. The molecule has 0 bridgehead atoms. The third kappa shape index (κ3) is 5.01. The van der Waals surface area contributed by atoms with Crippen LogP contribution in [-0.4, -0.2) is 36.2 Å². The molecule has 23 heavy (non-hydrogen) atoms. The molecule has 0 aliphatic carbocycles. The fraction of sp³-hybridized carbons (Fsp3) is 0.467. The molecule has 1 fully saturated rings. The van der Waals surface area contributed by atoms with Crippen molar-refractivity contribution in [2.75, 3.05) is 26.2 Å². The highest BCUT2D eigenvalue weighted by Gasteiger charge is 2.30. The van der Waals surface area contributed by atoms with Crippen LogP contribution in [-0.2, 0) is 0 Å². The van der Waals surface area contributed by atoms with E-state index in [0.29, 0.717) is 25.6 Å². The SMILES string of the molecule is C=C(C)C[C@H](c1c(O)cc(F)c(F)c1F)N1CCNCC1.Cl.Cl. The molecule has 1 aliphatic heterocycles. The molecule has 1 heterocycles. The molecule has 1 atom stereocenters. The van der Waals surface area contributed by atoms with Gasteiger partial charge in [0.1, 0.15) is 5.75 Å². The minimum Gasteiger partial charge on any atom is -0.507 e. The van der Waals surface area contributed by atoms with Gasteiger partial charge in [0, 0.05) is 38.3 Å². The predicted molar refractivity (Wildman–Crippen MR) is 89.1 cm³/mol. The molecule has 2 N–H and O–H groups in total. The Kier molecular flexibility index (Phi) is 8.98. The number of phenols is 1. The Morgan fingerprint density at radius 2 is 1.83 bits per heavy atom. The molecule has 0 radical (unpaired) electrons. The fourth-order valence-electron chi connectivity index (χ4n) is 2.65. The Labute approximate surface area is 146 Å². The summed E-state index contributed by atoms with van der Waals surface area (Å²) in [5.41, 5.74) is 0.584. The zero-order chi connectivity index (χ0) is 15.6. The first-order valence-electron chi connectivity index (χ1n) is 6.87. The van der Waals surface area contributed by atoms with Gasteiger partial charge in [-0.25, -0.2) is 13.2 Å². The molecule has 2 rings (SSSR count). The van der Waals surface area contributed by atoms with Gasteiger partial charge in [-0.15, -0.1) is 31.4 Å². The first kappa shape index (κ1) is 22.1. The molecule has 1 aromatic rings. The number of nitrogens with zero attached hydrogens (tertiary/aromatic N) is 1. The van der Waals surface area contributed by atoms with E-state index in [2.05, 4.69) is 11.9 Å². The summed E-state index contributed by atoms with van der Waals surface area (Å²) in [5.74, 6) is -4.82. The molecule has 1 aromatic carbocycles. The molecule has 8 heteroatoms. The average Bonchev–Trinajstić information content (AvgIpc) is 2.44. The van der Waals surface area contributed by atoms with Crippen molar-refractivity contribution in [3.8, 4) is 5.75 Å². The molecule has 1 saturated heterocycles. The molecular weight excluding hydrogens is 352 g/mol. The number of hydrogen-bond donors (Lipinski definition) is 2. The van der Waals surface area contributed by atoms with Crippen molar-refractivity contribution in [2.45, 2.75) is 19.4 Å². The second-order valence-electron chi connectivity index (χ2n) is 5.38. The monoisotopic (exact) mass is 372 g/mol. The largest absolute Gasteiger partial charge is 0.507 e. The summed E-state index contributed by atoms with van der Waals surface area (Å²) in [6.45, 7) is 8.29. The van der Waals surface area contributed by atoms with Crippen LogP contribution in [0.25, 0.3) is 0 Å². The van der Waals surface area contributed by atoms with Crippen LogP contribution in [0.1, 0.15) is 24.9 Å². The van der Waals surface area contributed by atoms with Crippen LogP contribution < -0.4 is 5.32 Å². The van der Waals surface area contributed by atoms with Gasteiger partial charge in [0.2, 0.25) is 0 Å². The molecule has 0 unspecified atom stereocenters. The van der Waals surface area contributed by atoms with E-state index in [1.807, 2.05) is 4.90 Å². The fourth-order valence-corrected chi connectivity index (χ4v) is 2.65. The van der Waals surface area contributed by atoms with Gasteiger partial charge in [0.05, 0.1) is 5.56 Å². The summed E-state index contributed by atoms with van der Waals surface area (Å²) < 4.78 is 40.8. The van der Waals surface area contributed by atoms with Crippen molar-refractivity contribution in [2.24, 2.45) is 0 Å². The van der Waals surface area contributed by atoms with E-state index in [9.17, 15) is 18.3 Å². The third-order valence-corrected chi connectivity index (χ3v) is 3.65. The smallest absolute Gasteiger partial charge is 0.195 e. The van der Waals surface area contributed by atoms with Crippen LogP contribution in [0.3, 0.4) is 0 Å². The Balaban J connectivity index is 0.00000242. The lowest BCUT2D eigenvalue weighted by molar-refractivity contribution is 0.165. The number of halogens is 5. The molecule has 1 aliphatic rings. The topological polar surface area (TPSA) is 35.5 Å². The normalized spacial score (nSPS) is 16.2. The van der Waals surface area contributed by atoms with Crippen molar-refractivity contribution < 1.29 is 18.3 Å². The van der Waals surface area contributed by atoms with Crippen molar-refractivity contribution in [1.82, 2.24) is 10.2 Å². The van der Waals surface area contributed by atoms with E-state index in [1.54, 1.807) is 6.92 Å². The third-order valence-electron chi connectivity index (χ3n) is 3.65. The lowest BCUT2D eigenvalue weighted by Crippen LogP contribution is -2.45. The predicted octanol–water partition coefficient (Wildman–Crippen LogP) is 3.57. The van der Waals surface area contributed by atoms with Gasteiger partial charge in [0.25, 0.3) is 0 Å². The zero-order valence-electron chi connectivity index (χ0n) is 12.7. The first-order chi connectivity index (χ1) is 9.91. The second-order valence-corrected chi connectivity index (χ2v) is 5.38. The standard InChI is InChI=1S/C15H19F3N2O.2ClH/c1-9(2)7-11(20-5-3-19-4-6-20)13-12(21)8-10(16)14(17)15(13)18;;/h8,11,19,21H,1,3-7H2,2H3;2*1H/t11-;;/m1../s1. The highest BCUT2D eigenvalue weighted by atomic mass is 35.5. The number of hydrogen-bond acceptors (Lipinski definition) is 3. The highest BCUT2D eigenvalue weighted by molar-refractivity contribution is 5.85. The van der Waals surface area contributed by atoms with Crippen LogP contribution in [0.15, 0.2) is 18.2 Å². The second kappa shape index (κ2) is 9.37. The first-order valence-corrected chi connectivity index (χ1v) is 6.87. The summed E-state index contributed by atoms with van der Waals surface area (Å²) in [6.07, 6.45) is 0.371. The van der Waals surface area contributed by atoms with Crippen LogP contribution in [0.4, 0.5) is 13.2 Å². The van der Waals surface area contributed by atoms with Gasteiger partial charge in [-0.2, -0.15) is 0 Å². The van der Waals surface area contributed by atoms with Crippen LogP contribution in [0.5, 0.6) is 5.75 Å². The minimum atomic E-state index is -1.55. The summed E-state index contributed by atoms with van der Waals surface area (Å²) in [7, 11) is 0. The Morgan fingerprint density at radius 1 is 1.26 bits per heavy atom. The molecule has 0 aromatic heterocycles. The number of nitrogens with one attached hydrogen (secondary N) is 1. The van der Waals surface area contributed by atoms with E-state index >= 15 is 0 Å². The summed E-state index contributed by atoms with van der Waals surface area (Å²) in [6, 6.07) is 0.0705. The van der Waals surface area contributed by atoms with Gasteiger partial charge in [-0.1, -0.05) is 5.57 Å². The Hall–Kier alpha value is -0.950. The summed E-state index contributed by atoms with van der Waals surface area (Å²) in [5, 5.41) is 13.1. The maximum absolute atomic E-state index is 14.1. The van der Waals surface area contributed by atoms with E-state index in [0.717, 1.165) is 18.7 Å². The summed E-state index contributed by atoms with van der Waals surface area (Å²) >= 11 is 0. The van der Waals surface area contributed by atoms with Crippen molar-refractivity contribution in [1.29, 1.82) is 0 Å². The molecule has 0 saturated carbocycles. The maximum atomic E-state index is 14.1. The molecular formula is C15H21Cl2F3N2O. The van der Waals surface area contributed by atoms with Crippen LogP contribution in [0, 0.1) is 17.5 Å². The Morgan fingerprint density at radius 3 is 2.35 bits per heavy atom. The average molecular weight is 373 g/mol. The number of piperazine rings is 1. The number of benzene rings is 1. The lowest BCUT2D eigenvalue weighted by atomic mass is 9.96. The van der Waals surface area contributed by atoms with Gasteiger partial charge < -0.3 is 10.4 Å². The van der Waals surface area contributed by atoms with Crippen molar-refractivity contribution in [3.63, 3.8) is 0 Å². The van der Waals surface area contributed by atoms with Gasteiger partial charge in [-0.05, 0) is 13.3 Å². The molecule has 0 amide bonds. The van der Waals surface area contributed by atoms with Gasteiger partial charge in [0.15, 0.2) is 17.5 Å². The molecule has 0 spiro atoms. The maximum Gasteiger partial charge on any atom is 0.195 e. The van der Waals surface area contributed by atoms with Gasteiger partial charge >= 0.3 is 0 Å². The highest BCUT2D eigenvalue weighted by Crippen LogP contribution is 2.37. The van der Waals surface area contributed by atoms with E-state index in [4.69, 9.17) is 0 Å².